The molecule has 4 nitrogen and oxygen atoms in total. The van der Waals surface area contributed by atoms with Crippen molar-refractivity contribution in [3.63, 3.8) is 0 Å². The van der Waals surface area contributed by atoms with Gasteiger partial charge in [-0.15, -0.1) is 0 Å². The average Bonchev–Trinajstić information content (AvgIpc) is 2.79. The van der Waals surface area contributed by atoms with Gasteiger partial charge < -0.3 is 14.2 Å². The normalized spacial score (nSPS) is 21.9. The lowest BCUT2D eigenvalue weighted by Gasteiger charge is -2.48. The van der Waals surface area contributed by atoms with Crippen molar-refractivity contribution in [1.82, 2.24) is 4.67 Å². The van der Waals surface area contributed by atoms with E-state index >= 15 is 0 Å². The standard InChI is InChI=1S/C25H36NO3PS2/c1-6-17-28-30(26(19(2)3)20(4)5)29-24-23(27)18-31-32-25(24,21-13-9-7-10-14-21)22-15-11-8-12-16-22/h7-16,19-20,23-24,27H,6,17-18H2,1-5H3. The van der Waals surface area contributed by atoms with Gasteiger partial charge in [0.05, 0.1) is 12.7 Å². The minimum Gasteiger partial charge on any atom is -0.389 e. The van der Waals surface area contributed by atoms with E-state index in [4.69, 9.17) is 9.05 Å². The van der Waals surface area contributed by atoms with Gasteiger partial charge >= 0.3 is 0 Å². The molecule has 7 heteroatoms. The van der Waals surface area contributed by atoms with Crippen LogP contribution < -0.4 is 0 Å². The summed E-state index contributed by atoms with van der Waals surface area (Å²) >= 11 is 0. The maximum absolute atomic E-state index is 11.3. The highest BCUT2D eigenvalue weighted by atomic mass is 33.1. The van der Waals surface area contributed by atoms with Crippen LogP contribution in [0.2, 0.25) is 0 Å². The fourth-order valence-electron chi connectivity index (χ4n) is 4.10. The molecule has 3 atom stereocenters. The van der Waals surface area contributed by atoms with Crippen molar-refractivity contribution < 1.29 is 14.2 Å². The number of hydrogen-bond donors (Lipinski definition) is 1. The topological polar surface area (TPSA) is 41.9 Å². The van der Waals surface area contributed by atoms with Crippen LogP contribution in [-0.2, 0) is 13.8 Å². The summed E-state index contributed by atoms with van der Waals surface area (Å²) in [5.41, 5.74) is 2.28. The molecule has 176 valence electrons. The van der Waals surface area contributed by atoms with Crippen LogP contribution in [0.5, 0.6) is 0 Å². The fourth-order valence-corrected chi connectivity index (χ4v) is 9.44. The number of hydrogen-bond acceptors (Lipinski definition) is 6. The Kier molecular flexibility index (Phi) is 9.93. The Morgan fingerprint density at radius 3 is 2.00 bits per heavy atom. The Morgan fingerprint density at radius 1 is 1.00 bits per heavy atom. The lowest BCUT2D eigenvalue weighted by atomic mass is 9.83. The van der Waals surface area contributed by atoms with Crippen LogP contribution in [0.1, 0.15) is 52.2 Å². The van der Waals surface area contributed by atoms with Crippen LogP contribution in [0.25, 0.3) is 0 Å². The van der Waals surface area contributed by atoms with Gasteiger partial charge in [-0.1, -0.05) is 89.2 Å². The Balaban J connectivity index is 2.10. The summed E-state index contributed by atoms with van der Waals surface area (Å²) in [6.45, 7) is 11.5. The molecule has 32 heavy (non-hydrogen) atoms. The third-order valence-corrected chi connectivity index (χ3v) is 10.7. The van der Waals surface area contributed by atoms with E-state index in [1.54, 1.807) is 21.6 Å². The maximum Gasteiger partial charge on any atom is 0.259 e. The Hall–Kier alpha value is -0.590. The largest absolute Gasteiger partial charge is 0.389 e. The third kappa shape index (κ3) is 5.72. The predicted molar refractivity (Wildman–Crippen MR) is 140 cm³/mol. The first-order valence-electron chi connectivity index (χ1n) is 11.4. The van der Waals surface area contributed by atoms with Gasteiger partial charge in [0.25, 0.3) is 8.53 Å². The highest BCUT2D eigenvalue weighted by molar-refractivity contribution is 8.77. The SMILES string of the molecule is CCCOP(OC1C(O)CSSC1(c1ccccc1)c1ccccc1)N(C(C)C)C(C)C. The van der Waals surface area contributed by atoms with Crippen LogP contribution in [0, 0.1) is 0 Å². The van der Waals surface area contributed by atoms with E-state index < -0.39 is 25.5 Å². The lowest BCUT2D eigenvalue weighted by molar-refractivity contribution is 0.0185. The van der Waals surface area contributed by atoms with Gasteiger partial charge in [0, 0.05) is 17.8 Å². The molecule has 1 saturated heterocycles. The smallest absolute Gasteiger partial charge is 0.259 e. The molecule has 1 heterocycles. The zero-order valence-corrected chi connectivity index (χ0v) is 22.2. The molecule has 0 radical (unpaired) electrons. The van der Waals surface area contributed by atoms with Crippen molar-refractivity contribution >= 4 is 30.1 Å². The van der Waals surface area contributed by atoms with Crippen LogP contribution in [0.4, 0.5) is 0 Å². The molecule has 2 aromatic carbocycles. The molecule has 0 aromatic heterocycles. The van der Waals surface area contributed by atoms with Gasteiger partial charge in [-0.2, -0.15) is 0 Å². The van der Waals surface area contributed by atoms with Crippen molar-refractivity contribution in [3.05, 3.63) is 71.8 Å². The molecule has 0 bridgehead atoms. The first-order chi connectivity index (χ1) is 15.4. The van der Waals surface area contributed by atoms with Gasteiger partial charge in [0.15, 0.2) is 0 Å². The average molecular weight is 494 g/mol. The van der Waals surface area contributed by atoms with Crippen LogP contribution in [0.3, 0.4) is 0 Å². The Bertz CT molecular complexity index is 762. The van der Waals surface area contributed by atoms with Crippen LogP contribution >= 0.6 is 30.1 Å². The second-order valence-corrected chi connectivity index (χ2v) is 12.6. The van der Waals surface area contributed by atoms with Crippen molar-refractivity contribution in [2.45, 2.75) is 70.1 Å². The summed E-state index contributed by atoms with van der Waals surface area (Å²) in [7, 11) is 2.15. The van der Waals surface area contributed by atoms with Gasteiger partial charge in [-0.05, 0) is 45.2 Å². The van der Waals surface area contributed by atoms with E-state index in [-0.39, 0.29) is 12.1 Å². The summed E-state index contributed by atoms with van der Waals surface area (Å²) in [6, 6.07) is 21.4. The summed E-state index contributed by atoms with van der Waals surface area (Å²) in [5, 5.41) is 11.3. The molecule has 1 N–H and O–H groups in total. The number of nitrogens with zero attached hydrogens (tertiary/aromatic N) is 1. The van der Waals surface area contributed by atoms with E-state index in [0.29, 0.717) is 12.4 Å². The number of rotatable bonds is 10. The van der Waals surface area contributed by atoms with Crippen molar-refractivity contribution in [1.29, 1.82) is 0 Å². The molecule has 0 aliphatic carbocycles. The molecule has 0 amide bonds. The predicted octanol–water partition coefficient (Wildman–Crippen LogP) is 6.84. The second-order valence-electron chi connectivity index (χ2n) is 8.57. The van der Waals surface area contributed by atoms with Crippen LogP contribution in [0.15, 0.2) is 60.7 Å². The molecular weight excluding hydrogens is 457 g/mol. The first-order valence-corrected chi connectivity index (χ1v) is 14.8. The number of aliphatic hydroxyl groups excluding tert-OH is 1. The van der Waals surface area contributed by atoms with E-state index in [1.165, 1.54) is 0 Å². The third-order valence-electron chi connectivity index (χ3n) is 5.44. The minimum absolute atomic E-state index is 0.267. The molecule has 1 aliphatic rings. The van der Waals surface area contributed by atoms with Gasteiger partial charge in [-0.3, -0.25) is 0 Å². The van der Waals surface area contributed by atoms with E-state index in [0.717, 1.165) is 17.5 Å². The fraction of sp³-hybridized carbons (Fsp3) is 0.520. The Morgan fingerprint density at radius 2 is 1.53 bits per heavy atom. The molecule has 0 saturated carbocycles. The second kappa shape index (κ2) is 12.2. The monoisotopic (exact) mass is 493 g/mol. The highest BCUT2D eigenvalue weighted by Crippen LogP contribution is 2.60. The van der Waals surface area contributed by atoms with Gasteiger partial charge in [0.1, 0.15) is 10.9 Å². The molecule has 3 unspecified atom stereocenters. The van der Waals surface area contributed by atoms with Gasteiger partial charge in [-0.25, -0.2) is 4.67 Å². The highest BCUT2D eigenvalue weighted by Gasteiger charge is 2.52. The molecule has 3 rings (SSSR count). The molecular formula is C25H36NO3PS2. The summed E-state index contributed by atoms with van der Waals surface area (Å²) in [5.74, 6) is 0.622. The molecule has 1 fully saturated rings. The zero-order valence-electron chi connectivity index (χ0n) is 19.7. The van der Waals surface area contributed by atoms with E-state index in [1.807, 2.05) is 12.1 Å². The Labute approximate surface area is 202 Å². The zero-order chi connectivity index (χ0) is 23.1. The summed E-state index contributed by atoms with van der Waals surface area (Å²) in [6.07, 6.45) is -0.133. The molecule has 2 aromatic rings. The van der Waals surface area contributed by atoms with Crippen LogP contribution in [-0.4, -0.2) is 46.4 Å². The quantitative estimate of drug-likeness (QED) is 0.289. The maximum atomic E-state index is 11.3. The molecule has 1 aliphatic heterocycles. The summed E-state index contributed by atoms with van der Waals surface area (Å²) < 4.78 is 15.0. The molecule has 0 spiro atoms. The van der Waals surface area contributed by atoms with E-state index in [9.17, 15) is 5.11 Å². The van der Waals surface area contributed by atoms with Crippen molar-refractivity contribution in [3.8, 4) is 0 Å². The lowest BCUT2D eigenvalue weighted by Crippen LogP contribution is -2.50. The number of benzene rings is 2. The first kappa shape index (κ1) is 26.0. The van der Waals surface area contributed by atoms with Gasteiger partial charge in [0.2, 0.25) is 0 Å². The van der Waals surface area contributed by atoms with Crippen molar-refractivity contribution in [2.24, 2.45) is 0 Å². The summed E-state index contributed by atoms with van der Waals surface area (Å²) in [4.78, 5) is 0. The van der Waals surface area contributed by atoms with E-state index in [2.05, 4.69) is 87.8 Å². The minimum atomic E-state index is -1.35. The number of aliphatic hydroxyl groups is 1. The van der Waals surface area contributed by atoms with Crippen molar-refractivity contribution in [2.75, 3.05) is 12.4 Å².